The van der Waals surface area contributed by atoms with Crippen LogP contribution in [0.15, 0.2) is 267 Å². The summed E-state index contributed by atoms with van der Waals surface area (Å²) < 4.78 is 5.07. The maximum Gasteiger partial charge on any atom is 0.0620 e. The second-order valence-corrected chi connectivity index (χ2v) is 19.9. The number of hydrogen-bond acceptors (Lipinski definition) is 0. The summed E-state index contributed by atoms with van der Waals surface area (Å²) in [6, 6.07) is 99.1. The van der Waals surface area contributed by atoms with Crippen LogP contribution < -0.4 is 0 Å². The summed E-state index contributed by atoms with van der Waals surface area (Å²) in [6.45, 7) is 0. The summed E-state index contributed by atoms with van der Waals surface area (Å²) in [6.07, 6.45) is 0. The SMILES string of the molecule is c1ccc(-c2c(-c3ccccc3)n(-c3ccc(-c4ccc(-n5c(-c6ccccc6)c(-c6ccccc6)c6cc7ccc8cccc9ccc(c7c89)c65)cc4)cc3)c3c2cc2ccc4cccc5ccc3c2c45)cc1. The fourth-order valence-electron chi connectivity index (χ4n) is 12.8. The lowest BCUT2D eigenvalue weighted by atomic mass is 9.91. The van der Waals surface area contributed by atoms with Crippen LogP contribution >= 0.6 is 0 Å². The second kappa shape index (κ2) is 15.9. The molecule has 0 spiro atoms. The number of benzene rings is 14. The molecule has 342 valence electrons. The molecule has 0 amide bonds. The molecule has 0 fully saturated rings. The van der Waals surface area contributed by atoms with Crippen molar-refractivity contribution in [3.05, 3.63) is 267 Å². The number of fused-ring (bicyclic) bond motifs is 4. The molecule has 16 aromatic rings. The largest absolute Gasteiger partial charge is 0.308 e. The van der Waals surface area contributed by atoms with Gasteiger partial charge in [0.25, 0.3) is 0 Å². The van der Waals surface area contributed by atoms with Crippen LogP contribution in [-0.2, 0) is 0 Å². The zero-order valence-corrected chi connectivity index (χ0v) is 40.3. The minimum atomic E-state index is 1.12. The van der Waals surface area contributed by atoms with Gasteiger partial charge in [0.15, 0.2) is 0 Å². The molecule has 0 aliphatic heterocycles. The summed E-state index contributed by atoms with van der Waals surface area (Å²) in [5.41, 5.74) is 16.6. The van der Waals surface area contributed by atoms with Gasteiger partial charge in [-0.2, -0.15) is 0 Å². The van der Waals surface area contributed by atoms with Crippen molar-refractivity contribution < 1.29 is 0 Å². The van der Waals surface area contributed by atoms with Crippen molar-refractivity contribution >= 4 is 86.4 Å². The first kappa shape index (κ1) is 40.9. The van der Waals surface area contributed by atoms with E-state index in [0.717, 1.165) is 22.5 Å². The molecule has 74 heavy (non-hydrogen) atoms. The molecule has 14 aromatic carbocycles. The minimum Gasteiger partial charge on any atom is -0.308 e. The van der Waals surface area contributed by atoms with E-state index in [0.29, 0.717) is 0 Å². The number of rotatable bonds is 7. The maximum atomic E-state index is 2.54. The highest BCUT2D eigenvalue weighted by atomic mass is 15.0. The summed E-state index contributed by atoms with van der Waals surface area (Å²) in [7, 11) is 0. The van der Waals surface area contributed by atoms with Gasteiger partial charge in [0.05, 0.1) is 22.4 Å². The van der Waals surface area contributed by atoms with E-state index in [4.69, 9.17) is 0 Å². The summed E-state index contributed by atoms with van der Waals surface area (Å²) in [5, 5.41) is 17.9. The molecule has 2 heteroatoms. The maximum absolute atomic E-state index is 2.54. The first-order valence-corrected chi connectivity index (χ1v) is 25.7. The smallest absolute Gasteiger partial charge is 0.0620 e. The lowest BCUT2D eigenvalue weighted by Gasteiger charge is -2.17. The second-order valence-electron chi connectivity index (χ2n) is 19.9. The third kappa shape index (κ3) is 5.94. The van der Waals surface area contributed by atoms with Gasteiger partial charge in [-0.1, -0.05) is 231 Å². The van der Waals surface area contributed by atoms with E-state index in [1.54, 1.807) is 0 Å². The third-order valence-electron chi connectivity index (χ3n) is 15.9. The lowest BCUT2D eigenvalue weighted by molar-refractivity contribution is 1.14. The Hall–Kier alpha value is -9.76. The van der Waals surface area contributed by atoms with Gasteiger partial charge in [0.2, 0.25) is 0 Å². The van der Waals surface area contributed by atoms with Gasteiger partial charge in [-0.05, 0) is 124 Å². The quantitative estimate of drug-likeness (QED) is 0.141. The monoisotopic (exact) mass is 936 g/mol. The van der Waals surface area contributed by atoms with Crippen molar-refractivity contribution in [3.8, 4) is 67.3 Å². The Morgan fingerprint density at radius 2 is 0.527 bits per heavy atom. The van der Waals surface area contributed by atoms with Crippen molar-refractivity contribution in [3.63, 3.8) is 0 Å². The van der Waals surface area contributed by atoms with E-state index >= 15 is 0 Å². The van der Waals surface area contributed by atoms with E-state index in [2.05, 4.69) is 276 Å². The van der Waals surface area contributed by atoms with Gasteiger partial charge in [-0.3, -0.25) is 0 Å². The Labute approximate surface area is 427 Å². The first-order chi connectivity index (χ1) is 36.7. The fourth-order valence-corrected chi connectivity index (χ4v) is 12.8. The summed E-state index contributed by atoms with van der Waals surface area (Å²) >= 11 is 0. The molecule has 0 radical (unpaired) electrons. The van der Waals surface area contributed by atoms with Crippen LogP contribution in [0.25, 0.3) is 154 Å². The van der Waals surface area contributed by atoms with Crippen molar-refractivity contribution in [2.24, 2.45) is 0 Å². The Morgan fingerprint density at radius 1 is 0.203 bits per heavy atom. The average molecular weight is 937 g/mol. The zero-order chi connectivity index (χ0) is 48.4. The Bertz CT molecular complexity index is 4470. The van der Waals surface area contributed by atoms with Crippen molar-refractivity contribution in [1.29, 1.82) is 0 Å². The topological polar surface area (TPSA) is 9.86 Å². The van der Waals surface area contributed by atoms with Gasteiger partial charge in [0.1, 0.15) is 0 Å². The zero-order valence-electron chi connectivity index (χ0n) is 40.3. The summed E-state index contributed by atoms with van der Waals surface area (Å²) in [4.78, 5) is 0. The first-order valence-electron chi connectivity index (χ1n) is 25.7. The van der Waals surface area contributed by atoms with Gasteiger partial charge >= 0.3 is 0 Å². The van der Waals surface area contributed by atoms with Crippen molar-refractivity contribution in [1.82, 2.24) is 9.13 Å². The predicted octanol–water partition coefficient (Wildman–Crippen LogP) is 19.7. The molecular weight excluding hydrogens is 893 g/mol. The predicted molar refractivity (Wildman–Crippen MR) is 315 cm³/mol. The highest BCUT2D eigenvalue weighted by molar-refractivity contribution is 6.32. The van der Waals surface area contributed by atoms with Crippen LogP contribution in [0, 0.1) is 0 Å². The molecule has 2 heterocycles. The van der Waals surface area contributed by atoms with Crippen LogP contribution in [0.2, 0.25) is 0 Å². The van der Waals surface area contributed by atoms with Crippen molar-refractivity contribution in [2.45, 2.75) is 0 Å². The van der Waals surface area contributed by atoms with Crippen LogP contribution in [0.5, 0.6) is 0 Å². The normalized spacial score (nSPS) is 12.1. The lowest BCUT2D eigenvalue weighted by Crippen LogP contribution is -1.99. The van der Waals surface area contributed by atoms with E-state index < -0.39 is 0 Å². The molecule has 16 rings (SSSR count). The molecule has 0 saturated carbocycles. The van der Waals surface area contributed by atoms with Crippen LogP contribution in [-0.4, -0.2) is 9.13 Å². The van der Waals surface area contributed by atoms with Crippen LogP contribution in [0.1, 0.15) is 0 Å². The van der Waals surface area contributed by atoms with E-state index in [9.17, 15) is 0 Å². The highest BCUT2D eigenvalue weighted by Gasteiger charge is 2.27. The van der Waals surface area contributed by atoms with Gasteiger partial charge in [0, 0.05) is 44.0 Å². The van der Waals surface area contributed by atoms with Gasteiger partial charge < -0.3 is 9.13 Å². The molecular formula is C72H44N2. The van der Waals surface area contributed by atoms with E-state index in [1.165, 1.54) is 131 Å². The minimum absolute atomic E-state index is 1.12. The highest BCUT2D eigenvalue weighted by Crippen LogP contribution is 2.50. The summed E-state index contributed by atoms with van der Waals surface area (Å²) in [5.74, 6) is 0. The van der Waals surface area contributed by atoms with E-state index in [-0.39, 0.29) is 0 Å². The van der Waals surface area contributed by atoms with Crippen LogP contribution in [0.3, 0.4) is 0 Å². The molecule has 0 bridgehead atoms. The average Bonchev–Trinajstić information content (AvgIpc) is 4.01. The standard InChI is InChI=1S/C72H44N2/c1-5-15-47(16-6-1)67-61-43-55-29-27-49-23-13-25-51-35-41-59(65(55)63(49)51)71(61)73(69(67)53-19-9-3-10-20-53)57-37-31-45(32-38-57)46-33-39-58(40-34-46)74-70(54-21-11-4-12-22-54)68(48-17-7-2-8-18-48)62-44-56-30-28-50-24-14-26-52-36-42-60(72(62)74)66(56)64(50)52/h1-44H. The molecule has 0 saturated heterocycles. The Morgan fingerprint density at radius 3 is 0.892 bits per heavy atom. The molecule has 0 unspecified atom stereocenters. The molecule has 0 aliphatic carbocycles. The Kier molecular flexibility index (Phi) is 8.78. The fraction of sp³-hybridized carbons (Fsp3) is 0. The van der Waals surface area contributed by atoms with Gasteiger partial charge in [-0.15, -0.1) is 0 Å². The van der Waals surface area contributed by atoms with Gasteiger partial charge in [-0.25, -0.2) is 0 Å². The molecule has 0 atom stereocenters. The molecule has 2 aromatic heterocycles. The number of nitrogens with zero attached hydrogens (tertiary/aromatic N) is 2. The number of aromatic nitrogens is 2. The number of hydrogen-bond donors (Lipinski definition) is 0. The van der Waals surface area contributed by atoms with Crippen LogP contribution in [0.4, 0.5) is 0 Å². The Balaban J connectivity index is 0.903. The molecule has 0 N–H and O–H groups in total. The van der Waals surface area contributed by atoms with Crippen molar-refractivity contribution in [2.75, 3.05) is 0 Å². The van der Waals surface area contributed by atoms with E-state index in [1.807, 2.05) is 0 Å². The molecule has 0 aliphatic rings. The molecule has 2 nitrogen and oxygen atoms in total. The third-order valence-corrected chi connectivity index (χ3v) is 15.9.